The van der Waals surface area contributed by atoms with Crippen LogP contribution in [-0.4, -0.2) is 45.3 Å². The molecule has 0 spiro atoms. The predicted molar refractivity (Wildman–Crippen MR) is 110 cm³/mol. The molecule has 1 aromatic carbocycles. The maximum absolute atomic E-state index is 13.1. The average Bonchev–Trinajstić information content (AvgIpc) is 3.23. The molecule has 31 heavy (non-hydrogen) atoms. The summed E-state index contributed by atoms with van der Waals surface area (Å²) in [6.07, 6.45) is 3.44. The van der Waals surface area contributed by atoms with Crippen molar-refractivity contribution in [3.8, 4) is 11.5 Å². The van der Waals surface area contributed by atoms with E-state index >= 15 is 0 Å². The number of nitrogens with one attached hydrogen (secondary N) is 1. The lowest BCUT2D eigenvalue weighted by Crippen LogP contribution is -2.36. The first kappa shape index (κ1) is 20.0. The summed E-state index contributed by atoms with van der Waals surface area (Å²) in [6.45, 7) is -0.343. The van der Waals surface area contributed by atoms with Crippen LogP contribution in [0.2, 0.25) is 0 Å². The minimum Gasteiger partial charge on any atom is -0.493 e. The monoisotopic (exact) mass is 430 g/mol. The Morgan fingerprint density at radius 2 is 1.97 bits per heavy atom. The van der Waals surface area contributed by atoms with Gasteiger partial charge in [0.2, 0.25) is 0 Å². The van der Waals surface area contributed by atoms with Gasteiger partial charge >= 0.3 is 6.61 Å². The molecule has 0 saturated carbocycles. The van der Waals surface area contributed by atoms with Gasteiger partial charge in [0.1, 0.15) is 0 Å². The summed E-state index contributed by atoms with van der Waals surface area (Å²) in [6, 6.07) is 7.46. The number of fused-ring (bicyclic) bond motifs is 4. The van der Waals surface area contributed by atoms with Gasteiger partial charge in [-0.1, -0.05) is 6.07 Å². The quantitative estimate of drug-likeness (QED) is 0.674. The number of aryl methyl sites for hydroxylation is 1. The molecule has 2 atom stereocenters. The lowest BCUT2D eigenvalue weighted by molar-refractivity contribution is -0.0512. The Kier molecular flexibility index (Phi) is 4.92. The molecule has 2 aromatic heterocycles. The van der Waals surface area contributed by atoms with Crippen molar-refractivity contribution in [2.75, 3.05) is 7.11 Å². The predicted octanol–water partition coefficient (Wildman–Crippen LogP) is 3.07. The summed E-state index contributed by atoms with van der Waals surface area (Å²) < 4.78 is 36.5. The molecule has 0 amide bonds. The van der Waals surface area contributed by atoms with Crippen LogP contribution in [-0.2, 0) is 19.4 Å². The van der Waals surface area contributed by atoms with E-state index in [1.807, 2.05) is 13.0 Å². The molecular weight excluding hydrogens is 406 g/mol. The van der Waals surface area contributed by atoms with E-state index in [2.05, 4.69) is 14.7 Å². The summed E-state index contributed by atoms with van der Waals surface area (Å²) >= 11 is 0. The fraction of sp³-hybridized carbons (Fsp3) is 0.455. The van der Waals surface area contributed by atoms with Crippen molar-refractivity contribution in [1.29, 1.82) is 0 Å². The minimum atomic E-state index is -2.90. The number of nitrogens with zero attached hydrogens (tertiary/aromatic N) is 3. The molecule has 3 aromatic rings. The zero-order valence-corrected chi connectivity index (χ0v) is 17.4. The van der Waals surface area contributed by atoms with E-state index in [1.54, 1.807) is 12.1 Å². The highest BCUT2D eigenvalue weighted by Crippen LogP contribution is 2.36. The number of hydrogen-bond donors (Lipinski definition) is 1. The third-order valence-electron chi connectivity index (χ3n) is 6.37. The summed E-state index contributed by atoms with van der Waals surface area (Å²) in [4.78, 5) is 20.3. The molecule has 0 aliphatic carbocycles. The molecule has 1 fully saturated rings. The Morgan fingerprint density at radius 1 is 1.19 bits per heavy atom. The summed E-state index contributed by atoms with van der Waals surface area (Å²) in [5, 5.41) is 3.07. The molecule has 5 rings (SSSR count). The normalized spacial score (nSPS) is 20.8. The number of aromatic amines is 1. The number of methoxy groups -OCH3 is 1. The van der Waals surface area contributed by atoms with E-state index in [4.69, 9.17) is 9.72 Å². The van der Waals surface area contributed by atoms with Crippen LogP contribution < -0.4 is 15.0 Å². The zero-order chi connectivity index (χ0) is 21.7. The number of rotatable bonds is 5. The summed E-state index contributed by atoms with van der Waals surface area (Å²) in [5.74, 6) is 0.308. The zero-order valence-electron chi connectivity index (χ0n) is 17.4. The largest absolute Gasteiger partial charge is 0.493 e. The molecule has 7 nitrogen and oxygen atoms in total. The molecule has 1 saturated heterocycles. The fourth-order valence-electron chi connectivity index (χ4n) is 4.98. The second-order valence-corrected chi connectivity index (χ2v) is 8.30. The second kappa shape index (κ2) is 7.64. The van der Waals surface area contributed by atoms with E-state index < -0.39 is 6.61 Å². The minimum absolute atomic E-state index is 0.0178. The Balaban J connectivity index is 1.43. The van der Waals surface area contributed by atoms with Crippen LogP contribution in [0.1, 0.15) is 35.4 Å². The van der Waals surface area contributed by atoms with Gasteiger partial charge in [0, 0.05) is 42.4 Å². The van der Waals surface area contributed by atoms with Crippen molar-refractivity contribution < 1.29 is 18.3 Å². The molecule has 2 bridgehead atoms. The van der Waals surface area contributed by atoms with Crippen LogP contribution in [0.25, 0.3) is 5.65 Å². The lowest BCUT2D eigenvalue weighted by atomic mass is 9.98. The molecule has 9 heteroatoms. The van der Waals surface area contributed by atoms with Crippen LogP contribution >= 0.6 is 0 Å². The van der Waals surface area contributed by atoms with E-state index in [0.717, 1.165) is 41.8 Å². The van der Waals surface area contributed by atoms with Gasteiger partial charge in [-0.15, -0.1) is 0 Å². The third kappa shape index (κ3) is 3.56. The van der Waals surface area contributed by atoms with E-state index in [0.29, 0.717) is 18.6 Å². The Morgan fingerprint density at radius 3 is 2.71 bits per heavy atom. The molecular formula is C22H24F2N4O3. The van der Waals surface area contributed by atoms with Gasteiger partial charge in [-0.05, 0) is 43.9 Å². The molecule has 164 valence electrons. The molecule has 1 N–H and O–H groups in total. The van der Waals surface area contributed by atoms with E-state index in [-0.39, 0.29) is 29.1 Å². The number of benzene rings is 1. The van der Waals surface area contributed by atoms with Crippen molar-refractivity contribution in [2.24, 2.45) is 0 Å². The number of aromatic nitrogens is 3. The third-order valence-corrected chi connectivity index (χ3v) is 6.37. The maximum Gasteiger partial charge on any atom is 0.387 e. The number of hydrogen-bond acceptors (Lipinski definition) is 5. The van der Waals surface area contributed by atoms with Crippen LogP contribution in [0.3, 0.4) is 0 Å². The highest BCUT2D eigenvalue weighted by molar-refractivity contribution is 5.44. The highest BCUT2D eigenvalue weighted by Gasteiger charge is 2.38. The maximum atomic E-state index is 13.1. The smallest absolute Gasteiger partial charge is 0.387 e. The Bertz CT molecular complexity index is 1190. The van der Waals surface area contributed by atoms with Gasteiger partial charge in [-0.2, -0.15) is 8.78 Å². The van der Waals surface area contributed by atoms with Gasteiger partial charge in [0.15, 0.2) is 17.1 Å². The molecule has 0 unspecified atom stereocenters. The first-order chi connectivity index (χ1) is 14.9. The molecule has 2 aliphatic rings. The Hall–Kier alpha value is -2.94. The van der Waals surface area contributed by atoms with Crippen LogP contribution in [0.4, 0.5) is 8.78 Å². The first-order valence-corrected chi connectivity index (χ1v) is 10.4. The highest BCUT2D eigenvalue weighted by atomic mass is 19.3. The van der Waals surface area contributed by atoms with Crippen molar-refractivity contribution >= 4 is 5.65 Å². The lowest BCUT2D eigenvalue weighted by Gasteiger charge is -2.28. The van der Waals surface area contributed by atoms with Crippen molar-refractivity contribution in [2.45, 2.75) is 57.8 Å². The van der Waals surface area contributed by atoms with E-state index in [9.17, 15) is 13.6 Å². The Labute approximate surface area is 177 Å². The average molecular weight is 430 g/mol. The topological polar surface area (TPSA) is 71.9 Å². The van der Waals surface area contributed by atoms with Gasteiger partial charge in [-0.25, -0.2) is 9.50 Å². The fourth-order valence-corrected chi connectivity index (χ4v) is 4.98. The number of ether oxygens (including phenoxy) is 2. The standard InChI is InChI=1S/C22H24F2N4O3/c1-12-7-20-25-17-10-15-5-4-14(9-16(17)21(29)28(20)26-12)27(15)11-13-3-6-18(31-22(23)24)19(8-13)30-2/h3,6-8,14-15,22,26H,4-5,9-11H2,1-2H3/t14-,15-/m0/s1. The van der Waals surface area contributed by atoms with Crippen molar-refractivity contribution in [1.82, 2.24) is 19.5 Å². The number of alkyl halides is 2. The van der Waals surface area contributed by atoms with Gasteiger partial charge in [-0.3, -0.25) is 14.8 Å². The van der Waals surface area contributed by atoms with Gasteiger partial charge < -0.3 is 9.47 Å². The van der Waals surface area contributed by atoms with Gasteiger partial charge in [0.05, 0.1) is 12.8 Å². The van der Waals surface area contributed by atoms with Gasteiger partial charge in [0.25, 0.3) is 5.56 Å². The summed E-state index contributed by atoms with van der Waals surface area (Å²) in [7, 11) is 1.44. The first-order valence-electron chi connectivity index (χ1n) is 10.4. The van der Waals surface area contributed by atoms with Crippen molar-refractivity contribution in [3.05, 3.63) is 57.1 Å². The molecule has 4 heterocycles. The van der Waals surface area contributed by atoms with Crippen molar-refractivity contribution in [3.63, 3.8) is 0 Å². The number of H-pyrrole nitrogens is 1. The van der Waals surface area contributed by atoms with Crippen LogP contribution in [0.5, 0.6) is 11.5 Å². The van der Waals surface area contributed by atoms with E-state index in [1.165, 1.54) is 17.7 Å². The van der Waals surface area contributed by atoms with Crippen LogP contribution in [0, 0.1) is 6.92 Å². The molecule has 0 radical (unpaired) electrons. The number of halogens is 2. The SMILES string of the molecule is COc1cc(CN2[C@H]3CC[C@H]2Cc2c(nc4cc(C)[nH]n4c2=O)C3)ccc1OC(F)F. The second-order valence-electron chi connectivity index (χ2n) is 8.30. The van der Waals surface area contributed by atoms with Crippen LogP contribution in [0.15, 0.2) is 29.1 Å². The molecule has 2 aliphatic heterocycles. The summed E-state index contributed by atoms with van der Waals surface area (Å²) in [5.41, 5.74) is 4.17.